The van der Waals surface area contributed by atoms with Gasteiger partial charge in [0.2, 0.25) is 11.1 Å². The summed E-state index contributed by atoms with van der Waals surface area (Å²) in [6.45, 7) is 0. The Labute approximate surface area is 149 Å². The van der Waals surface area contributed by atoms with E-state index >= 15 is 0 Å². The van der Waals surface area contributed by atoms with E-state index in [0.717, 1.165) is 11.3 Å². The first kappa shape index (κ1) is 16.8. The van der Waals surface area contributed by atoms with Gasteiger partial charge in [-0.15, -0.1) is 5.10 Å². The minimum atomic E-state index is 0.165. The molecule has 0 fully saturated rings. The summed E-state index contributed by atoms with van der Waals surface area (Å²) in [7, 11) is 1.65. The van der Waals surface area contributed by atoms with Crippen molar-refractivity contribution in [1.82, 2.24) is 15.2 Å². The minimum Gasteiger partial charge on any atom is -0.507 e. The van der Waals surface area contributed by atoms with Gasteiger partial charge in [0.05, 0.1) is 13.3 Å². The number of aromatic hydroxyl groups is 1. The molecule has 0 bridgehead atoms. The number of ether oxygens (including phenoxy) is 1. The summed E-state index contributed by atoms with van der Waals surface area (Å²) >= 11 is 1.49. The maximum Gasteiger partial charge on any atom is 0.240 e. The van der Waals surface area contributed by atoms with Gasteiger partial charge in [0.1, 0.15) is 11.5 Å². The summed E-state index contributed by atoms with van der Waals surface area (Å²) in [6.07, 6.45) is 1.51. The molecule has 0 aliphatic heterocycles. The number of rotatable bonds is 7. The van der Waals surface area contributed by atoms with E-state index in [1.54, 1.807) is 25.3 Å². The van der Waals surface area contributed by atoms with Crippen molar-refractivity contribution < 1.29 is 9.84 Å². The average Bonchev–Trinajstić information content (AvgIpc) is 3.09. The first-order chi connectivity index (χ1) is 12.3. The van der Waals surface area contributed by atoms with Crippen LogP contribution in [0.2, 0.25) is 0 Å². The molecule has 0 unspecified atom stereocenters. The lowest BCUT2D eigenvalue weighted by Gasteiger charge is -2.05. The molecular weight excluding hydrogens is 338 g/mol. The molecule has 25 heavy (non-hydrogen) atoms. The molecule has 0 aliphatic rings. The standard InChI is InChI=1S/C17H17N5O2S/c1-24-15-9-5-3-7-13(15)11-25-17-19-16(21-22-17)20-18-10-12-6-2-4-8-14(12)23/h2-10,23H,11H2,1H3,(H2,19,20,21,22)/b18-10-. The maximum absolute atomic E-state index is 9.66. The number of hydrogen-bond acceptors (Lipinski definition) is 7. The molecular formula is C17H17N5O2S. The molecule has 3 aromatic rings. The fourth-order valence-corrected chi connectivity index (χ4v) is 2.87. The maximum atomic E-state index is 9.66. The molecule has 0 spiro atoms. The molecule has 0 aliphatic carbocycles. The van der Waals surface area contributed by atoms with E-state index in [-0.39, 0.29) is 5.75 Å². The molecule has 1 heterocycles. The zero-order valence-electron chi connectivity index (χ0n) is 13.5. The van der Waals surface area contributed by atoms with Gasteiger partial charge in [-0.3, -0.25) is 0 Å². The number of nitrogens with one attached hydrogen (secondary N) is 2. The number of H-pyrrole nitrogens is 1. The predicted octanol–water partition coefficient (Wildman–Crippen LogP) is 3.26. The van der Waals surface area contributed by atoms with Crippen molar-refractivity contribution in [3.8, 4) is 11.5 Å². The van der Waals surface area contributed by atoms with Crippen LogP contribution in [0, 0.1) is 0 Å². The monoisotopic (exact) mass is 355 g/mol. The van der Waals surface area contributed by atoms with Crippen molar-refractivity contribution in [2.24, 2.45) is 5.10 Å². The van der Waals surface area contributed by atoms with Gasteiger partial charge in [0.25, 0.3) is 0 Å². The van der Waals surface area contributed by atoms with E-state index in [9.17, 15) is 5.11 Å². The topological polar surface area (TPSA) is 95.4 Å². The van der Waals surface area contributed by atoms with Gasteiger partial charge in [-0.1, -0.05) is 42.1 Å². The number of aromatic nitrogens is 3. The smallest absolute Gasteiger partial charge is 0.240 e. The normalized spacial score (nSPS) is 10.9. The van der Waals surface area contributed by atoms with Gasteiger partial charge >= 0.3 is 0 Å². The zero-order chi connectivity index (χ0) is 17.5. The van der Waals surface area contributed by atoms with Gasteiger partial charge in [-0.25, -0.2) is 10.5 Å². The number of benzene rings is 2. The van der Waals surface area contributed by atoms with Crippen LogP contribution in [0.1, 0.15) is 11.1 Å². The quantitative estimate of drug-likeness (QED) is 0.342. The number of methoxy groups -OCH3 is 1. The fourth-order valence-electron chi connectivity index (χ4n) is 2.09. The lowest BCUT2D eigenvalue weighted by atomic mass is 10.2. The van der Waals surface area contributed by atoms with Crippen molar-refractivity contribution in [3.05, 3.63) is 59.7 Å². The van der Waals surface area contributed by atoms with Crippen LogP contribution in [0.25, 0.3) is 0 Å². The van der Waals surface area contributed by atoms with Crippen LogP contribution in [0.4, 0.5) is 5.95 Å². The summed E-state index contributed by atoms with van der Waals surface area (Å²) in [5.41, 5.74) is 4.44. The predicted molar refractivity (Wildman–Crippen MR) is 98.3 cm³/mol. The van der Waals surface area contributed by atoms with Gasteiger partial charge in [0.15, 0.2) is 0 Å². The molecule has 1 aromatic heterocycles. The summed E-state index contributed by atoms with van der Waals surface area (Å²) in [5.74, 6) is 2.13. The Morgan fingerprint density at radius 3 is 2.88 bits per heavy atom. The third kappa shape index (κ3) is 4.51. The van der Waals surface area contributed by atoms with Crippen LogP contribution < -0.4 is 10.2 Å². The van der Waals surface area contributed by atoms with Gasteiger partial charge in [0, 0.05) is 16.9 Å². The van der Waals surface area contributed by atoms with Gasteiger partial charge < -0.3 is 9.84 Å². The van der Waals surface area contributed by atoms with E-state index in [1.807, 2.05) is 30.3 Å². The number of hydrogen-bond donors (Lipinski definition) is 3. The molecule has 7 nitrogen and oxygen atoms in total. The Bertz CT molecular complexity index is 866. The highest BCUT2D eigenvalue weighted by Crippen LogP contribution is 2.26. The SMILES string of the molecule is COc1ccccc1CSc1n[nH]c(N/N=C\c2ccccc2O)n1. The Balaban J connectivity index is 1.56. The number of anilines is 1. The third-order valence-corrected chi connectivity index (χ3v) is 4.22. The van der Waals surface area contributed by atoms with Crippen LogP contribution in [0.3, 0.4) is 0 Å². The molecule has 0 saturated carbocycles. The van der Waals surface area contributed by atoms with Crippen molar-refractivity contribution in [2.45, 2.75) is 10.9 Å². The molecule has 3 N–H and O–H groups in total. The Morgan fingerprint density at radius 1 is 1.24 bits per heavy atom. The minimum absolute atomic E-state index is 0.165. The first-order valence-corrected chi connectivity index (χ1v) is 8.49. The summed E-state index contributed by atoms with van der Waals surface area (Å²) in [6, 6.07) is 14.8. The second kappa shape index (κ2) is 8.20. The van der Waals surface area contributed by atoms with Crippen LogP contribution >= 0.6 is 11.8 Å². The van der Waals surface area contributed by atoms with Gasteiger partial charge in [-0.05, 0) is 18.2 Å². The summed E-state index contributed by atoms with van der Waals surface area (Å²) in [4.78, 5) is 4.30. The molecule has 0 amide bonds. The van der Waals surface area contributed by atoms with Crippen LogP contribution in [0.15, 0.2) is 58.8 Å². The van der Waals surface area contributed by atoms with Crippen molar-refractivity contribution >= 4 is 23.9 Å². The highest BCUT2D eigenvalue weighted by atomic mass is 32.2. The first-order valence-electron chi connectivity index (χ1n) is 7.50. The molecule has 2 aromatic carbocycles. The highest BCUT2D eigenvalue weighted by Gasteiger charge is 2.06. The molecule has 128 valence electrons. The second-order valence-electron chi connectivity index (χ2n) is 5.00. The van der Waals surface area contributed by atoms with Crippen molar-refractivity contribution in [2.75, 3.05) is 12.5 Å². The zero-order valence-corrected chi connectivity index (χ0v) is 14.3. The van der Waals surface area contributed by atoms with E-state index in [1.165, 1.54) is 18.0 Å². The Morgan fingerprint density at radius 2 is 2.04 bits per heavy atom. The number of nitrogens with zero attached hydrogens (tertiary/aromatic N) is 3. The molecule has 0 radical (unpaired) electrons. The summed E-state index contributed by atoms with van der Waals surface area (Å²) in [5, 5.41) is 21.2. The Hall–Kier alpha value is -3.00. The Kier molecular flexibility index (Phi) is 5.53. The number of para-hydroxylation sites is 2. The van der Waals surface area contributed by atoms with Gasteiger partial charge in [-0.2, -0.15) is 10.1 Å². The lowest BCUT2D eigenvalue weighted by molar-refractivity contribution is 0.411. The van der Waals surface area contributed by atoms with E-state index in [4.69, 9.17) is 4.74 Å². The number of aromatic amines is 1. The number of thioether (sulfide) groups is 1. The summed E-state index contributed by atoms with van der Waals surface area (Å²) < 4.78 is 5.33. The van der Waals surface area contributed by atoms with Crippen LogP contribution in [-0.4, -0.2) is 33.6 Å². The second-order valence-corrected chi connectivity index (χ2v) is 5.94. The molecule has 3 rings (SSSR count). The van der Waals surface area contributed by atoms with Crippen molar-refractivity contribution in [1.29, 1.82) is 0 Å². The highest BCUT2D eigenvalue weighted by molar-refractivity contribution is 7.98. The van der Waals surface area contributed by atoms with Crippen LogP contribution in [0.5, 0.6) is 11.5 Å². The largest absolute Gasteiger partial charge is 0.507 e. The van der Waals surface area contributed by atoms with E-state index < -0.39 is 0 Å². The average molecular weight is 355 g/mol. The van der Waals surface area contributed by atoms with Crippen molar-refractivity contribution in [3.63, 3.8) is 0 Å². The van der Waals surface area contributed by atoms with Crippen LogP contribution in [-0.2, 0) is 5.75 Å². The third-order valence-electron chi connectivity index (χ3n) is 3.33. The number of phenols is 1. The lowest BCUT2D eigenvalue weighted by Crippen LogP contribution is -1.92. The molecule has 0 saturated heterocycles. The molecule has 0 atom stereocenters. The fraction of sp³-hybridized carbons (Fsp3) is 0.118. The number of hydrazone groups is 1. The number of phenolic OH excluding ortho intramolecular Hbond substituents is 1. The van der Waals surface area contributed by atoms with E-state index in [0.29, 0.717) is 22.4 Å². The molecule has 8 heteroatoms. The van der Waals surface area contributed by atoms with E-state index in [2.05, 4.69) is 25.7 Å².